The number of alkyl halides is 3. The van der Waals surface area contributed by atoms with Gasteiger partial charge in [-0.2, -0.15) is 13.2 Å². The molecule has 2 aromatic rings. The van der Waals surface area contributed by atoms with Crippen LogP contribution in [0.15, 0.2) is 33.9 Å². The predicted octanol–water partition coefficient (Wildman–Crippen LogP) is 1.92. The number of carbonyl (C=O) groups excluding carboxylic acids is 2. The molecule has 1 aromatic heterocycles. The van der Waals surface area contributed by atoms with Gasteiger partial charge >= 0.3 is 6.18 Å². The summed E-state index contributed by atoms with van der Waals surface area (Å²) in [7, 11) is 0. The van der Waals surface area contributed by atoms with Gasteiger partial charge in [-0.15, -0.1) is 0 Å². The minimum absolute atomic E-state index is 0.0965. The summed E-state index contributed by atoms with van der Waals surface area (Å²) in [4.78, 5) is 25.4. The number of amides is 2. The average molecular weight is 468 g/mol. The van der Waals surface area contributed by atoms with Crippen LogP contribution in [0.1, 0.15) is 29.0 Å². The molecule has 1 fully saturated rings. The minimum atomic E-state index is -4.80. The third-order valence-corrected chi connectivity index (χ3v) is 5.41. The van der Waals surface area contributed by atoms with Crippen molar-refractivity contribution in [3.63, 3.8) is 0 Å². The van der Waals surface area contributed by atoms with Crippen molar-refractivity contribution in [1.29, 1.82) is 5.41 Å². The Bertz CT molecular complexity index is 1130. The van der Waals surface area contributed by atoms with Crippen LogP contribution in [0.2, 0.25) is 0 Å². The SMILES string of the molecule is Cc1oc2ccc(OCC(C=N)=C(N)C(F)(F)F)cc2c1C(=O)NC1(CO)CCCNC1=O. The first-order valence-corrected chi connectivity index (χ1v) is 9.96. The molecule has 0 saturated carbocycles. The van der Waals surface area contributed by atoms with E-state index < -0.39 is 48.0 Å². The van der Waals surface area contributed by atoms with E-state index in [-0.39, 0.29) is 23.5 Å². The molecule has 178 valence electrons. The van der Waals surface area contributed by atoms with Crippen molar-refractivity contribution in [3.8, 4) is 5.75 Å². The molecule has 1 saturated heterocycles. The van der Waals surface area contributed by atoms with Gasteiger partial charge < -0.3 is 36.0 Å². The van der Waals surface area contributed by atoms with Crippen molar-refractivity contribution in [2.24, 2.45) is 5.73 Å². The topological polar surface area (TPSA) is 151 Å². The second kappa shape index (κ2) is 9.14. The lowest BCUT2D eigenvalue weighted by Crippen LogP contribution is -2.63. The number of carbonyl (C=O) groups is 2. The molecular formula is C21H23F3N4O5. The highest BCUT2D eigenvalue weighted by atomic mass is 19.4. The Labute approximate surface area is 186 Å². The molecule has 2 heterocycles. The fourth-order valence-electron chi connectivity index (χ4n) is 3.58. The molecule has 9 nitrogen and oxygen atoms in total. The summed E-state index contributed by atoms with van der Waals surface area (Å²) in [6, 6.07) is 4.31. The maximum atomic E-state index is 13.1. The molecular weight excluding hydrogens is 445 g/mol. The maximum Gasteiger partial charge on any atom is 0.431 e. The summed E-state index contributed by atoms with van der Waals surface area (Å²) < 4.78 is 49.4. The zero-order valence-corrected chi connectivity index (χ0v) is 17.6. The summed E-state index contributed by atoms with van der Waals surface area (Å²) in [5, 5.41) is 22.5. The Morgan fingerprint density at radius 3 is 2.79 bits per heavy atom. The number of piperidine rings is 1. The highest BCUT2D eigenvalue weighted by Gasteiger charge is 2.42. The van der Waals surface area contributed by atoms with Crippen LogP contribution in [-0.4, -0.2) is 54.6 Å². The average Bonchev–Trinajstić information content (AvgIpc) is 3.10. The van der Waals surface area contributed by atoms with E-state index in [2.05, 4.69) is 10.6 Å². The van der Waals surface area contributed by atoms with Gasteiger partial charge in [-0.25, -0.2) is 0 Å². The van der Waals surface area contributed by atoms with E-state index in [0.29, 0.717) is 30.1 Å². The number of hydrogen-bond donors (Lipinski definition) is 5. The lowest BCUT2D eigenvalue weighted by Gasteiger charge is -2.35. The molecule has 33 heavy (non-hydrogen) atoms. The van der Waals surface area contributed by atoms with E-state index in [4.69, 9.17) is 20.3 Å². The van der Waals surface area contributed by atoms with Gasteiger partial charge in [-0.1, -0.05) is 0 Å². The third-order valence-electron chi connectivity index (χ3n) is 5.41. The number of allylic oxidation sites excluding steroid dienone is 1. The monoisotopic (exact) mass is 468 g/mol. The second-order valence-electron chi connectivity index (χ2n) is 7.61. The van der Waals surface area contributed by atoms with Gasteiger partial charge in [-0.3, -0.25) is 9.59 Å². The van der Waals surface area contributed by atoms with Crippen molar-refractivity contribution in [1.82, 2.24) is 10.6 Å². The van der Waals surface area contributed by atoms with Crippen molar-refractivity contribution >= 4 is 29.0 Å². The minimum Gasteiger partial charge on any atom is -0.489 e. The fraction of sp³-hybridized carbons (Fsp3) is 0.381. The fourth-order valence-corrected chi connectivity index (χ4v) is 3.58. The van der Waals surface area contributed by atoms with Crippen LogP contribution in [0.5, 0.6) is 5.75 Å². The smallest absolute Gasteiger partial charge is 0.431 e. The van der Waals surface area contributed by atoms with Crippen LogP contribution in [0.25, 0.3) is 11.0 Å². The molecule has 1 aliphatic heterocycles. The highest BCUT2D eigenvalue weighted by molar-refractivity contribution is 6.09. The Kier molecular flexibility index (Phi) is 6.68. The van der Waals surface area contributed by atoms with Crippen LogP contribution in [0, 0.1) is 12.3 Å². The molecule has 0 aliphatic carbocycles. The second-order valence-corrected chi connectivity index (χ2v) is 7.61. The number of rotatable bonds is 7. The number of nitrogens with two attached hydrogens (primary N) is 1. The lowest BCUT2D eigenvalue weighted by atomic mass is 9.89. The molecule has 0 spiro atoms. The Hall–Kier alpha value is -3.54. The molecule has 1 unspecified atom stereocenters. The van der Waals surface area contributed by atoms with E-state index in [9.17, 15) is 27.9 Å². The van der Waals surface area contributed by atoms with Gasteiger partial charge in [0.25, 0.3) is 5.91 Å². The zero-order valence-electron chi connectivity index (χ0n) is 17.6. The van der Waals surface area contributed by atoms with E-state index in [1.54, 1.807) is 6.92 Å². The number of ether oxygens (including phenoxy) is 1. The summed E-state index contributed by atoms with van der Waals surface area (Å²) in [6.45, 7) is 0.775. The van der Waals surface area contributed by atoms with Crippen molar-refractivity contribution in [3.05, 3.63) is 40.8 Å². The summed E-state index contributed by atoms with van der Waals surface area (Å²) in [6.07, 6.45) is -3.52. The molecule has 2 amide bonds. The Morgan fingerprint density at radius 1 is 1.45 bits per heavy atom. The first-order valence-electron chi connectivity index (χ1n) is 9.96. The van der Waals surface area contributed by atoms with Gasteiger partial charge in [0.15, 0.2) is 0 Å². The normalized spacial score (nSPS) is 19.6. The Morgan fingerprint density at radius 2 is 2.18 bits per heavy atom. The molecule has 12 heteroatoms. The molecule has 0 bridgehead atoms. The molecule has 6 N–H and O–H groups in total. The zero-order chi connectivity index (χ0) is 24.4. The van der Waals surface area contributed by atoms with Gasteiger partial charge in [0, 0.05) is 23.7 Å². The van der Waals surface area contributed by atoms with Crippen LogP contribution < -0.4 is 21.1 Å². The predicted molar refractivity (Wildman–Crippen MR) is 112 cm³/mol. The van der Waals surface area contributed by atoms with E-state index >= 15 is 0 Å². The molecule has 3 rings (SSSR count). The van der Waals surface area contributed by atoms with Crippen LogP contribution in [-0.2, 0) is 4.79 Å². The van der Waals surface area contributed by atoms with Gasteiger partial charge in [0.05, 0.1) is 12.2 Å². The van der Waals surface area contributed by atoms with E-state index in [1.165, 1.54) is 18.2 Å². The number of fused-ring (bicyclic) bond motifs is 1. The summed E-state index contributed by atoms with van der Waals surface area (Å²) >= 11 is 0. The van der Waals surface area contributed by atoms with Crippen molar-refractivity contribution in [2.45, 2.75) is 31.5 Å². The number of aryl methyl sites for hydroxylation is 1. The number of nitrogens with one attached hydrogen (secondary N) is 3. The lowest BCUT2D eigenvalue weighted by molar-refractivity contribution is -0.131. The number of benzene rings is 1. The standard InChI is InChI=1S/C21H23F3N4O5/c1-11-16(18(30)28-20(10-29)5-2-6-27-19(20)31)14-7-13(3-4-15(14)33-11)32-9-12(8-25)17(26)21(22,23)24/h3-4,7-8,25,29H,2,5-6,9-10,26H2,1H3,(H,27,31)(H,28,30). The van der Waals surface area contributed by atoms with E-state index in [0.717, 1.165) is 0 Å². The Balaban J connectivity index is 1.89. The van der Waals surface area contributed by atoms with Gasteiger partial charge in [0.1, 0.15) is 34.9 Å². The quantitative estimate of drug-likeness (QED) is 0.392. The van der Waals surface area contributed by atoms with Crippen LogP contribution >= 0.6 is 0 Å². The number of halogens is 3. The van der Waals surface area contributed by atoms with Crippen LogP contribution in [0.3, 0.4) is 0 Å². The van der Waals surface area contributed by atoms with Crippen molar-refractivity contribution < 1.29 is 37.0 Å². The summed E-state index contributed by atoms with van der Waals surface area (Å²) in [5.74, 6) is -0.799. The third kappa shape index (κ3) is 4.80. The van der Waals surface area contributed by atoms with Crippen molar-refractivity contribution in [2.75, 3.05) is 19.8 Å². The van der Waals surface area contributed by atoms with Crippen LogP contribution in [0.4, 0.5) is 13.2 Å². The van der Waals surface area contributed by atoms with Gasteiger partial charge in [-0.05, 0) is 38.0 Å². The maximum absolute atomic E-state index is 13.1. The first-order chi connectivity index (χ1) is 15.5. The largest absolute Gasteiger partial charge is 0.489 e. The number of aliphatic hydroxyl groups is 1. The highest BCUT2D eigenvalue weighted by Crippen LogP contribution is 2.31. The number of furan rings is 1. The number of aliphatic hydroxyl groups excluding tert-OH is 1. The summed E-state index contributed by atoms with van der Waals surface area (Å²) in [5.41, 5.74) is 2.00. The molecule has 1 aliphatic rings. The first kappa shape index (κ1) is 24.1. The number of hydrogen-bond acceptors (Lipinski definition) is 7. The molecule has 0 radical (unpaired) electrons. The molecule has 1 atom stereocenters. The molecule has 1 aromatic carbocycles. The van der Waals surface area contributed by atoms with Gasteiger partial charge in [0.2, 0.25) is 5.91 Å². The van der Waals surface area contributed by atoms with E-state index in [1.807, 2.05) is 0 Å².